The van der Waals surface area contributed by atoms with Gasteiger partial charge in [0.15, 0.2) is 0 Å². The number of hydrogen-bond donors (Lipinski definition) is 2. The zero-order chi connectivity index (χ0) is 13.5. The molecule has 0 aliphatic carbocycles. The molecular weight excluding hydrogens is 231 g/mol. The minimum absolute atomic E-state index is 0.0632. The Kier molecular flexibility index (Phi) is 5.78. The summed E-state index contributed by atoms with van der Waals surface area (Å²) in [5.41, 5.74) is 0.515. The number of hydrogen-bond acceptors (Lipinski definition) is 2. The first-order valence-corrected chi connectivity index (χ1v) is 6.31. The Balaban J connectivity index is 2.57. The molecule has 2 N–H and O–H groups in total. The third-order valence-corrected chi connectivity index (χ3v) is 2.88. The molecule has 1 aromatic rings. The largest absolute Gasteiger partial charge is 0.349 e. The maximum atomic E-state index is 13.5. The Hall–Kier alpha value is -1.42. The lowest BCUT2D eigenvalue weighted by molar-refractivity contribution is -0.125. The third kappa shape index (κ3) is 4.11. The molecule has 0 bridgehead atoms. The zero-order valence-corrected chi connectivity index (χ0v) is 11.2. The molecule has 2 unspecified atom stereocenters. The van der Waals surface area contributed by atoms with Crippen molar-refractivity contribution in [3.8, 4) is 0 Å². The topological polar surface area (TPSA) is 41.1 Å². The van der Waals surface area contributed by atoms with Gasteiger partial charge in [0.05, 0.1) is 6.04 Å². The lowest BCUT2D eigenvalue weighted by atomic mass is 10.1. The molecule has 0 aromatic heterocycles. The normalized spacial score (nSPS) is 14.0. The minimum atomic E-state index is -0.317. The number of rotatable bonds is 6. The van der Waals surface area contributed by atoms with Gasteiger partial charge in [-0.1, -0.05) is 32.0 Å². The summed E-state index contributed by atoms with van der Waals surface area (Å²) in [5, 5.41) is 5.95. The smallest absolute Gasteiger partial charge is 0.224 e. The molecule has 100 valence electrons. The van der Waals surface area contributed by atoms with Gasteiger partial charge in [-0.3, -0.25) is 4.79 Å². The van der Waals surface area contributed by atoms with E-state index in [4.69, 9.17) is 0 Å². The van der Waals surface area contributed by atoms with Crippen LogP contribution in [0.4, 0.5) is 4.39 Å². The summed E-state index contributed by atoms with van der Waals surface area (Å²) in [4.78, 5) is 11.9. The number of carbonyl (C=O) groups is 1. The van der Waals surface area contributed by atoms with Gasteiger partial charge < -0.3 is 10.6 Å². The molecule has 0 aliphatic rings. The van der Waals surface area contributed by atoms with Crippen molar-refractivity contribution in [2.75, 3.05) is 13.1 Å². The van der Waals surface area contributed by atoms with Gasteiger partial charge in [-0.15, -0.1) is 0 Å². The zero-order valence-electron chi connectivity index (χ0n) is 11.2. The molecule has 0 radical (unpaired) electrons. The molecule has 2 atom stereocenters. The molecule has 0 heterocycles. The van der Waals surface area contributed by atoms with E-state index in [2.05, 4.69) is 10.6 Å². The molecule has 0 aliphatic heterocycles. The summed E-state index contributed by atoms with van der Waals surface area (Å²) in [6, 6.07) is 6.18. The highest BCUT2D eigenvalue weighted by molar-refractivity contribution is 5.78. The molecule has 0 saturated heterocycles. The molecule has 1 amide bonds. The van der Waals surface area contributed by atoms with Gasteiger partial charge in [-0.25, -0.2) is 4.39 Å². The summed E-state index contributed by atoms with van der Waals surface area (Å²) < 4.78 is 13.5. The Morgan fingerprint density at radius 3 is 2.61 bits per heavy atom. The second-order valence-corrected chi connectivity index (χ2v) is 4.46. The lowest BCUT2D eigenvalue weighted by Gasteiger charge is -2.18. The van der Waals surface area contributed by atoms with Crippen LogP contribution in [0.25, 0.3) is 0 Å². The highest BCUT2D eigenvalue weighted by atomic mass is 19.1. The molecule has 3 nitrogen and oxygen atoms in total. The first kappa shape index (κ1) is 14.6. The van der Waals surface area contributed by atoms with Crippen molar-refractivity contribution in [2.45, 2.75) is 26.8 Å². The summed E-state index contributed by atoms with van der Waals surface area (Å²) in [6.45, 7) is 7.10. The Bertz CT molecular complexity index is 395. The van der Waals surface area contributed by atoms with Gasteiger partial charge >= 0.3 is 0 Å². The Labute approximate surface area is 108 Å². The second kappa shape index (κ2) is 7.11. The fourth-order valence-corrected chi connectivity index (χ4v) is 1.71. The predicted octanol–water partition coefficient (Wildman–Crippen LogP) is 2.25. The standard InChI is InChI=1S/C14H21FN2O/c1-4-16-9-10(2)14(18)17-11(3)12-7-5-6-8-13(12)15/h5-8,10-11,16H,4,9H2,1-3H3,(H,17,18). The quantitative estimate of drug-likeness (QED) is 0.815. The van der Waals surface area contributed by atoms with Gasteiger partial charge in [0.1, 0.15) is 5.82 Å². The number of benzene rings is 1. The van der Waals surface area contributed by atoms with Crippen LogP contribution in [0.3, 0.4) is 0 Å². The average molecular weight is 252 g/mol. The fraction of sp³-hybridized carbons (Fsp3) is 0.500. The van der Waals surface area contributed by atoms with E-state index in [9.17, 15) is 9.18 Å². The Morgan fingerprint density at radius 2 is 2.00 bits per heavy atom. The summed E-state index contributed by atoms with van der Waals surface area (Å²) in [5.74, 6) is -0.476. The van der Waals surface area contributed by atoms with E-state index >= 15 is 0 Å². The number of halogens is 1. The first-order chi connectivity index (χ1) is 8.56. The van der Waals surface area contributed by atoms with E-state index in [1.165, 1.54) is 6.07 Å². The van der Waals surface area contributed by atoms with E-state index in [1.54, 1.807) is 25.1 Å². The maximum absolute atomic E-state index is 13.5. The van der Waals surface area contributed by atoms with Crippen LogP contribution < -0.4 is 10.6 Å². The minimum Gasteiger partial charge on any atom is -0.349 e. The molecule has 0 saturated carbocycles. The van der Waals surface area contributed by atoms with Crippen molar-refractivity contribution < 1.29 is 9.18 Å². The van der Waals surface area contributed by atoms with Crippen molar-refractivity contribution in [2.24, 2.45) is 5.92 Å². The van der Waals surface area contributed by atoms with Crippen LogP contribution in [0.2, 0.25) is 0 Å². The monoisotopic (exact) mass is 252 g/mol. The van der Waals surface area contributed by atoms with Gasteiger partial charge in [-0.2, -0.15) is 0 Å². The summed E-state index contributed by atoms with van der Waals surface area (Å²) >= 11 is 0. The molecule has 1 rings (SSSR count). The SMILES string of the molecule is CCNCC(C)C(=O)NC(C)c1ccccc1F. The van der Waals surface area contributed by atoms with Crippen LogP contribution in [0.15, 0.2) is 24.3 Å². The lowest BCUT2D eigenvalue weighted by Crippen LogP contribution is -2.36. The highest BCUT2D eigenvalue weighted by Gasteiger charge is 2.17. The molecular formula is C14H21FN2O. The van der Waals surface area contributed by atoms with Crippen molar-refractivity contribution in [1.29, 1.82) is 0 Å². The van der Waals surface area contributed by atoms with Crippen LogP contribution in [0.1, 0.15) is 32.4 Å². The van der Waals surface area contributed by atoms with E-state index in [0.717, 1.165) is 6.54 Å². The van der Waals surface area contributed by atoms with Crippen molar-refractivity contribution in [1.82, 2.24) is 10.6 Å². The van der Waals surface area contributed by atoms with Crippen LogP contribution in [0.5, 0.6) is 0 Å². The summed E-state index contributed by atoms with van der Waals surface area (Å²) in [6.07, 6.45) is 0. The van der Waals surface area contributed by atoms with Crippen LogP contribution in [-0.4, -0.2) is 19.0 Å². The number of nitrogens with one attached hydrogen (secondary N) is 2. The number of amides is 1. The average Bonchev–Trinajstić information content (AvgIpc) is 2.36. The molecule has 0 spiro atoms. The number of carbonyl (C=O) groups excluding carboxylic acids is 1. The van der Waals surface area contributed by atoms with Crippen molar-refractivity contribution in [3.05, 3.63) is 35.6 Å². The van der Waals surface area contributed by atoms with Crippen molar-refractivity contribution >= 4 is 5.91 Å². The van der Waals surface area contributed by atoms with Gasteiger partial charge in [-0.05, 0) is 19.5 Å². The van der Waals surface area contributed by atoms with E-state index in [1.807, 2.05) is 13.8 Å². The van der Waals surface area contributed by atoms with Crippen LogP contribution >= 0.6 is 0 Å². The van der Waals surface area contributed by atoms with E-state index in [0.29, 0.717) is 12.1 Å². The van der Waals surface area contributed by atoms with Gasteiger partial charge in [0, 0.05) is 18.0 Å². The van der Waals surface area contributed by atoms with E-state index < -0.39 is 0 Å². The van der Waals surface area contributed by atoms with E-state index in [-0.39, 0.29) is 23.7 Å². The highest BCUT2D eigenvalue weighted by Crippen LogP contribution is 2.16. The summed E-state index contributed by atoms with van der Waals surface area (Å²) in [7, 11) is 0. The molecule has 1 aromatic carbocycles. The Morgan fingerprint density at radius 1 is 1.33 bits per heavy atom. The second-order valence-electron chi connectivity index (χ2n) is 4.46. The molecule has 0 fully saturated rings. The third-order valence-electron chi connectivity index (χ3n) is 2.88. The first-order valence-electron chi connectivity index (χ1n) is 6.31. The van der Waals surface area contributed by atoms with Gasteiger partial charge in [0.2, 0.25) is 5.91 Å². The van der Waals surface area contributed by atoms with Crippen LogP contribution in [0, 0.1) is 11.7 Å². The maximum Gasteiger partial charge on any atom is 0.224 e. The van der Waals surface area contributed by atoms with Crippen LogP contribution in [-0.2, 0) is 4.79 Å². The van der Waals surface area contributed by atoms with Crippen molar-refractivity contribution in [3.63, 3.8) is 0 Å². The molecule has 18 heavy (non-hydrogen) atoms. The predicted molar refractivity (Wildman–Crippen MR) is 70.7 cm³/mol. The molecule has 4 heteroatoms. The fourth-order valence-electron chi connectivity index (χ4n) is 1.71. The van der Waals surface area contributed by atoms with Gasteiger partial charge in [0.25, 0.3) is 0 Å².